The fourth-order valence-corrected chi connectivity index (χ4v) is 3.60. The van der Waals surface area contributed by atoms with Gasteiger partial charge >= 0.3 is 7.12 Å². The average molecular weight is 307 g/mol. The molecule has 4 heteroatoms. The molecule has 2 aromatic rings. The van der Waals surface area contributed by atoms with Crippen molar-refractivity contribution < 1.29 is 9.31 Å². The van der Waals surface area contributed by atoms with Crippen LogP contribution in [0.15, 0.2) is 60.7 Å². The van der Waals surface area contributed by atoms with Crippen molar-refractivity contribution in [3.63, 3.8) is 0 Å². The third kappa shape index (κ3) is 3.35. The highest BCUT2D eigenvalue weighted by Gasteiger charge is 2.42. The number of rotatable bonds is 4. The third-order valence-corrected chi connectivity index (χ3v) is 4.77. The fourth-order valence-electron chi connectivity index (χ4n) is 3.60. The first-order chi connectivity index (χ1) is 11.4. The average Bonchev–Trinajstić information content (AvgIpc) is 3.27. The Balaban J connectivity index is 1.56. The molecule has 0 spiro atoms. The van der Waals surface area contributed by atoms with Crippen molar-refractivity contribution in [1.29, 1.82) is 0 Å². The Bertz CT molecular complexity index is 568. The van der Waals surface area contributed by atoms with Gasteiger partial charge in [-0.2, -0.15) is 0 Å². The molecule has 2 heterocycles. The van der Waals surface area contributed by atoms with E-state index in [1.807, 2.05) is 12.1 Å². The van der Waals surface area contributed by atoms with Crippen LogP contribution in [0.4, 0.5) is 0 Å². The lowest BCUT2D eigenvalue weighted by Crippen LogP contribution is -2.29. The molecule has 2 saturated heterocycles. The van der Waals surface area contributed by atoms with Gasteiger partial charge in [-0.05, 0) is 36.8 Å². The molecule has 0 aromatic heterocycles. The predicted octanol–water partition coefficient (Wildman–Crippen LogP) is 3.76. The van der Waals surface area contributed by atoms with Crippen molar-refractivity contribution in [3.05, 3.63) is 71.8 Å². The van der Waals surface area contributed by atoms with Gasteiger partial charge in [0, 0.05) is 6.04 Å². The molecule has 23 heavy (non-hydrogen) atoms. The van der Waals surface area contributed by atoms with Crippen LogP contribution in [0.1, 0.15) is 36.2 Å². The second-order valence-electron chi connectivity index (χ2n) is 6.39. The van der Waals surface area contributed by atoms with E-state index in [1.54, 1.807) is 0 Å². The maximum Gasteiger partial charge on any atom is 0.459 e. The minimum atomic E-state index is -0.138. The van der Waals surface area contributed by atoms with E-state index in [0.717, 1.165) is 12.9 Å². The largest absolute Gasteiger partial charge is 0.459 e. The molecule has 0 aliphatic carbocycles. The molecule has 4 rings (SSSR count). The summed E-state index contributed by atoms with van der Waals surface area (Å²) in [4.78, 5) is 0. The van der Waals surface area contributed by atoms with Gasteiger partial charge in [-0.1, -0.05) is 60.7 Å². The van der Waals surface area contributed by atoms with E-state index in [1.165, 1.54) is 24.0 Å². The molecule has 0 bridgehead atoms. The highest BCUT2D eigenvalue weighted by Crippen LogP contribution is 2.42. The van der Waals surface area contributed by atoms with Crippen molar-refractivity contribution in [1.82, 2.24) is 5.32 Å². The first-order valence-corrected chi connectivity index (χ1v) is 8.54. The lowest BCUT2D eigenvalue weighted by molar-refractivity contribution is 0.159. The Morgan fingerprint density at radius 2 is 1.43 bits per heavy atom. The smallest absolute Gasteiger partial charge is 0.401 e. The quantitative estimate of drug-likeness (QED) is 0.873. The summed E-state index contributed by atoms with van der Waals surface area (Å²) >= 11 is 0. The highest BCUT2D eigenvalue weighted by atomic mass is 16.7. The Morgan fingerprint density at radius 1 is 0.870 bits per heavy atom. The summed E-state index contributed by atoms with van der Waals surface area (Å²) in [6.45, 7) is 1.11. The van der Waals surface area contributed by atoms with Crippen LogP contribution in [0.3, 0.4) is 0 Å². The van der Waals surface area contributed by atoms with Gasteiger partial charge < -0.3 is 14.6 Å². The molecular weight excluding hydrogens is 285 g/mol. The van der Waals surface area contributed by atoms with Gasteiger partial charge in [-0.3, -0.25) is 0 Å². The molecule has 0 amide bonds. The van der Waals surface area contributed by atoms with E-state index >= 15 is 0 Å². The van der Waals surface area contributed by atoms with Crippen LogP contribution >= 0.6 is 0 Å². The van der Waals surface area contributed by atoms with Crippen molar-refractivity contribution >= 4 is 7.12 Å². The molecule has 3 nitrogen and oxygen atoms in total. The normalized spacial score (nSPS) is 27.5. The number of benzene rings is 2. The van der Waals surface area contributed by atoms with E-state index in [-0.39, 0.29) is 19.3 Å². The van der Waals surface area contributed by atoms with Gasteiger partial charge in [0.05, 0.1) is 12.2 Å². The van der Waals surface area contributed by atoms with E-state index in [4.69, 9.17) is 9.31 Å². The van der Waals surface area contributed by atoms with Gasteiger partial charge in [0.15, 0.2) is 0 Å². The summed E-state index contributed by atoms with van der Waals surface area (Å²) in [6, 6.07) is 21.3. The minimum absolute atomic E-state index is 0.0370. The van der Waals surface area contributed by atoms with Crippen molar-refractivity contribution in [2.24, 2.45) is 0 Å². The summed E-state index contributed by atoms with van der Waals surface area (Å²) < 4.78 is 12.6. The number of nitrogens with one attached hydrogen (secondary N) is 1. The van der Waals surface area contributed by atoms with Crippen LogP contribution in [0, 0.1) is 0 Å². The molecule has 1 N–H and O–H groups in total. The Labute approximate surface area is 138 Å². The second kappa shape index (κ2) is 6.87. The molecule has 0 saturated carbocycles. The van der Waals surface area contributed by atoms with Crippen molar-refractivity contribution in [3.8, 4) is 0 Å². The van der Waals surface area contributed by atoms with Crippen LogP contribution < -0.4 is 5.32 Å². The van der Waals surface area contributed by atoms with E-state index in [9.17, 15) is 0 Å². The van der Waals surface area contributed by atoms with Gasteiger partial charge in [0.2, 0.25) is 0 Å². The molecule has 2 aromatic carbocycles. The minimum Gasteiger partial charge on any atom is -0.401 e. The summed E-state index contributed by atoms with van der Waals surface area (Å²) in [5.41, 5.74) is 2.37. The summed E-state index contributed by atoms with van der Waals surface area (Å²) in [6.07, 6.45) is 3.32. The Morgan fingerprint density at radius 3 is 1.91 bits per heavy atom. The van der Waals surface area contributed by atoms with Gasteiger partial charge in [-0.15, -0.1) is 0 Å². The zero-order chi connectivity index (χ0) is 15.5. The topological polar surface area (TPSA) is 30.5 Å². The SMILES string of the molecule is c1ccc([C@H]2OB(C[C@H]3CCCN3)O[C@@H]2c2ccccc2)cc1. The fraction of sp³-hybridized carbons (Fsp3) is 0.368. The van der Waals surface area contributed by atoms with Gasteiger partial charge in [0.1, 0.15) is 0 Å². The van der Waals surface area contributed by atoms with Crippen LogP contribution in [0.25, 0.3) is 0 Å². The number of hydrogen-bond donors (Lipinski definition) is 1. The van der Waals surface area contributed by atoms with Crippen LogP contribution in [-0.2, 0) is 9.31 Å². The predicted molar refractivity (Wildman–Crippen MR) is 92.1 cm³/mol. The lowest BCUT2D eigenvalue weighted by Gasteiger charge is -2.19. The molecule has 2 aliphatic heterocycles. The Hall–Kier alpha value is -1.62. The van der Waals surface area contributed by atoms with E-state index < -0.39 is 0 Å². The summed E-state index contributed by atoms with van der Waals surface area (Å²) in [5.74, 6) is 0. The Kier molecular flexibility index (Phi) is 4.47. The van der Waals surface area contributed by atoms with Crippen LogP contribution in [0.2, 0.25) is 6.32 Å². The summed E-state index contributed by atoms with van der Waals surface area (Å²) in [5, 5.41) is 3.53. The summed E-state index contributed by atoms with van der Waals surface area (Å²) in [7, 11) is -0.138. The van der Waals surface area contributed by atoms with Gasteiger partial charge in [0.25, 0.3) is 0 Å². The zero-order valence-corrected chi connectivity index (χ0v) is 13.2. The first kappa shape index (κ1) is 14.9. The second-order valence-corrected chi connectivity index (χ2v) is 6.39. The van der Waals surface area contributed by atoms with Crippen molar-refractivity contribution in [2.45, 2.75) is 37.4 Å². The molecule has 2 fully saturated rings. The molecule has 0 radical (unpaired) electrons. The monoisotopic (exact) mass is 307 g/mol. The van der Waals surface area contributed by atoms with Crippen LogP contribution in [-0.4, -0.2) is 19.7 Å². The van der Waals surface area contributed by atoms with Crippen molar-refractivity contribution in [2.75, 3.05) is 6.54 Å². The number of hydrogen-bond acceptors (Lipinski definition) is 3. The molecule has 0 unspecified atom stereocenters. The third-order valence-electron chi connectivity index (χ3n) is 4.77. The maximum absolute atomic E-state index is 6.31. The standard InChI is InChI=1S/C19H22BNO2/c1-3-8-15(9-4-1)18-19(16-10-5-2-6-11-16)23-20(22-18)14-17-12-7-13-21-17/h1-6,8-11,17-19,21H,7,12-14H2/t17-,18-,19-/m1/s1. The van der Waals surface area contributed by atoms with E-state index in [2.05, 4.69) is 53.8 Å². The van der Waals surface area contributed by atoms with Gasteiger partial charge in [-0.25, -0.2) is 0 Å². The maximum atomic E-state index is 6.31. The molecule has 3 atom stereocenters. The zero-order valence-electron chi connectivity index (χ0n) is 13.2. The molecule has 118 valence electrons. The first-order valence-electron chi connectivity index (χ1n) is 8.54. The van der Waals surface area contributed by atoms with E-state index in [0.29, 0.717) is 6.04 Å². The highest BCUT2D eigenvalue weighted by molar-refractivity contribution is 6.45. The molecule has 2 aliphatic rings. The molecular formula is C19H22BNO2. The van der Waals surface area contributed by atoms with Crippen LogP contribution in [0.5, 0.6) is 0 Å². The lowest BCUT2D eigenvalue weighted by atomic mass is 9.80.